The average molecular weight is 355 g/mol. The summed E-state index contributed by atoms with van der Waals surface area (Å²) >= 11 is 6.05. The van der Waals surface area contributed by atoms with E-state index in [1.54, 1.807) is 0 Å². The lowest BCUT2D eigenvalue weighted by Gasteiger charge is -2.38. The van der Waals surface area contributed by atoms with Crippen molar-refractivity contribution in [2.45, 2.75) is 24.9 Å². The number of nitrogens with two attached hydrogens (primary N) is 1. The quantitative estimate of drug-likeness (QED) is 0.736. The minimum atomic E-state index is -0.636. The molecule has 2 aliphatic heterocycles. The highest BCUT2D eigenvalue weighted by atomic mass is 35.5. The molecule has 0 bridgehead atoms. The Morgan fingerprint density at radius 1 is 1.25 bits per heavy atom. The van der Waals surface area contributed by atoms with Crippen LogP contribution in [-0.2, 0) is 0 Å². The Morgan fingerprint density at radius 2 is 1.83 bits per heavy atom. The molecular weight excluding hydrogens is 332 g/mol. The van der Waals surface area contributed by atoms with Crippen LogP contribution in [-0.4, -0.2) is 73.2 Å². The molecule has 7 nitrogen and oxygen atoms in total. The Hall–Kier alpha value is -1.57. The van der Waals surface area contributed by atoms with E-state index in [4.69, 9.17) is 26.8 Å². The van der Waals surface area contributed by atoms with Gasteiger partial charge >= 0.3 is 0 Å². The first-order valence-electron chi connectivity index (χ1n) is 8.12. The number of aromatic nitrogens is 1. The molecule has 2 N–H and O–H groups in total. The van der Waals surface area contributed by atoms with Gasteiger partial charge in [0.1, 0.15) is 18.4 Å². The Morgan fingerprint density at radius 3 is 2.29 bits per heavy atom. The fourth-order valence-electron chi connectivity index (χ4n) is 2.76. The molecule has 1 aromatic heterocycles. The van der Waals surface area contributed by atoms with Gasteiger partial charge in [-0.3, -0.25) is 14.6 Å². The summed E-state index contributed by atoms with van der Waals surface area (Å²) in [6, 6.07) is 2.26. The second kappa shape index (κ2) is 7.13. The van der Waals surface area contributed by atoms with E-state index in [-0.39, 0.29) is 10.7 Å². The summed E-state index contributed by atoms with van der Waals surface area (Å²) in [7, 11) is 4.11. The molecule has 0 aliphatic carbocycles. The lowest BCUT2D eigenvalue weighted by Crippen LogP contribution is -2.48. The lowest BCUT2D eigenvalue weighted by molar-refractivity contribution is 0.0645. The minimum Gasteiger partial charge on any atom is -0.486 e. The third kappa shape index (κ3) is 3.58. The zero-order valence-corrected chi connectivity index (χ0v) is 14.8. The van der Waals surface area contributed by atoms with Crippen LogP contribution >= 0.6 is 11.6 Å². The van der Waals surface area contributed by atoms with Crippen LogP contribution in [0, 0.1) is 0 Å². The molecule has 3 heterocycles. The van der Waals surface area contributed by atoms with Crippen molar-refractivity contribution in [2.75, 3.05) is 40.4 Å². The van der Waals surface area contributed by atoms with E-state index in [1.165, 1.54) is 6.07 Å². The molecule has 2 saturated heterocycles. The SMILES string of the molecule is CN1CC[C@H]1COc1cc(C(N)=O)c(Cl)nc1OC[C@@H]1CCN1C. The Labute approximate surface area is 146 Å². The van der Waals surface area contributed by atoms with E-state index in [1.807, 2.05) is 0 Å². The van der Waals surface area contributed by atoms with Crippen LogP contribution in [0.2, 0.25) is 5.15 Å². The zero-order chi connectivity index (χ0) is 17.3. The van der Waals surface area contributed by atoms with Crippen molar-refractivity contribution in [3.8, 4) is 11.6 Å². The third-order valence-electron chi connectivity index (χ3n) is 4.89. The summed E-state index contributed by atoms with van der Waals surface area (Å²) < 4.78 is 11.7. The number of hydrogen-bond donors (Lipinski definition) is 1. The van der Waals surface area contributed by atoms with E-state index in [9.17, 15) is 4.79 Å². The maximum absolute atomic E-state index is 11.5. The van der Waals surface area contributed by atoms with Crippen LogP contribution in [0.5, 0.6) is 11.6 Å². The molecule has 0 aromatic carbocycles. The monoisotopic (exact) mass is 354 g/mol. The molecule has 2 fully saturated rings. The lowest BCUT2D eigenvalue weighted by atomic mass is 10.1. The number of primary amides is 1. The first-order chi connectivity index (χ1) is 11.5. The molecule has 0 spiro atoms. The van der Waals surface area contributed by atoms with E-state index in [2.05, 4.69) is 28.9 Å². The predicted molar refractivity (Wildman–Crippen MR) is 90.8 cm³/mol. The van der Waals surface area contributed by atoms with E-state index >= 15 is 0 Å². The van der Waals surface area contributed by atoms with E-state index in [0.29, 0.717) is 36.9 Å². The summed E-state index contributed by atoms with van der Waals surface area (Å²) in [6.07, 6.45) is 2.18. The van der Waals surface area contributed by atoms with Gasteiger partial charge in [0.2, 0.25) is 0 Å². The van der Waals surface area contributed by atoms with Crippen LogP contribution in [0.4, 0.5) is 0 Å². The van der Waals surface area contributed by atoms with E-state index in [0.717, 1.165) is 25.9 Å². The van der Waals surface area contributed by atoms with Crippen LogP contribution < -0.4 is 15.2 Å². The van der Waals surface area contributed by atoms with Crippen LogP contribution in [0.25, 0.3) is 0 Å². The molecule has 1 amide bonds. The predicted octanol–water partition coefficient (Wildman–Crippen LogP) is 1.000. The molecule has 0 saturated carbocycles. The Balaban J connectivity index is 1.73. The molecule has 3 rings (SSSR count). The van der Waals surface area contributed by atoms with Gasteiger partial charge in [-0.15, -0.1) is 0 Å². The number of halogens is 1. The zero-order valence-electron chi connectivity index (χ0n) is 14.0. The number of pyridine rings is 1. The molecule has 132 valence electrons. The standard InChI is InChI=1S/C16H23ClN4O3/c1-20-5-3-10(20)8-23-13-7-12(15(18)22)14(17)19-16(13)24-9-11-4-6-21(11)2/h7,10-11H,3-6,8-9H2,1-2H3,(H2,18,22)/t10-,11-/m0/s1. The van der Waals surface area contributed by atoms with Crippen molar-refractivity contribution in [1.29, 1.82) is 0 Å². The number of nitrogens with zero attached hydrogens (tertiary/aromatic N) is 3. The molecule has 24 heavy (non-hydrogen) atoms. The molecule has 2 aliphatic rings. The number of rotatable bonds is 7. The van der Waals surface area contributed by atoms with Crippen molar-refractivity contribution in [3.05, 3.63) is 16.8 Å². The number of amides is 1. The van der Waals surface area contributed by atoms with Gasteiger partial charge in [0.15, 0.2) is 5.75 Å². The topological polar surface area (TPSA) is 80.9 Å². The van der Waals surface area contributed by atoms with Gasteiger partial charge in [-0.25, -0.2) is 0 Å². The van der Waals surface area contributed by atoms with Crippen molar-refractivity contribution < 1.29 is 14.3 Å². The molecule has 0 radical (unpaired) electrons. The fourth-order valence-corrected chi connectivity index (χ4v) is 2.98. The van der Waals surface area contributed by atoms with Gasteiger partial charge in [0.25, 0.3) is 11.8 Å². The number of ether oxygens (including phenoxy) is 2. The van der Waals surface area contributed by atoms with Gasteiger partial charge in [0, 0.05) is 18.2 Å². The normalized spacial score (nSPS) is 24.1. The van der Waals surface area contributed by atoms with Gasteiger partial charge in [-0.2, -0.15) is 4.98 Å². The number of carbonyl (C=O) groups is 1. The number of likely N-dealkylation sites (tertiary alicyclic amines) is 2. The molecule has 1 aromatic rings. The largest absolute Gasteiger partial charge is 0.486 e. The number of carbonyl (C=O) groups excluding carboxylic acids is 1. The highest BCUT2D eigenvalue weighted by molar-refractivity contribution is 6.32. The number of hydrogen-bond acceptors (Lipinski definition) is 6. The summed E-state index contributed by atoms with van der Waals surface area (Å²) in [4.78, 5) is 20.1. The molecule has 8 heteroatoms. The highest BCUT2D eigenvalue weighted by Gasteiger charge is 2.27. The van der Waals surface area contributed by atoms with Crippen molar-refractivity contribution in [3.63, 3.8) is 0 Å². The fraction of sp³-hybridized carbons (Fsp3) is 0.625. The van der Waals surface area contributed by atoms with Gasteiger partial charge in [-0.05, 0) is 40.0 Å². The van der Waals surface area contributed by atoms with Gasteiger partial charge < -0.3 is 15.2 Å². The summed E-state index contributed by atoms with van der Waals surface area (Å²) in [5.41, 5.74) is 5.49. The maximum Gasteiger partial charge on any atom is 0.258 e. The van der Waals surface area contributed by atoms with Crippen LogP contribution in [0.1, 0.15) is 23.2 Å². The minimum absolute atomic E-state index is 0.0348. The molecular formula is C16H23ClN4O3. The molecule has 2 atom stereocenters. The first kappa shape index (κ1) is 17.3. The second-order valence-corrected chi connectivity index (χ2v) is 6.82. The summed E-state index contributed by atoms with van der Waals surface area (Å²) in [6.45, 7) is 3.16. The second-order valence-electron chi connectivity index (χ2n) is 6.46. The summed E-state index contributed by atoms with van der Waals surface area (Å²) in [5, 5.41) is 0.0348. The smallest absolute Gasteiger partial charge is 0.258 e. The number of likely N-dealkylation sites (N-methyl/N-ethyl adjacent to an activating group) is 2. The van der Waals surface area contributed by atoms with Crippen molar-refractivity contribution in [1.82, 2.24) is 14.8 Å². The first-order valence-corrected chi connectivity index (χ1v) is 8.50. The third-order valence-corrected chi connectivity index (χ3v) is 5.18. The van der Waals surface area contributed by atoms with Crippen LogP contribution in [0.15, 0.2) is 6.07 Å². The molecule has 0 unspecified atom stereocenters. The average Bonchev–Trinajstić information content (AvgIpc) is 2.53. The van der Waals surface area contributed by atoms with Gasteiger partial charge in [0.05, 0.1) is 5.56 Å². The van der Waals surface area contributed by atoms with Crippen molar-refractivity contribution in [2.24, 2.45) is 5.73 Å². The van der Waals surface area contributed by atoms with Crippen LogP contribution in [0.3, 0.4) is 0 Å². The maximum atomic E-state index is 11.5. The van der Waals surface area contributed by atoms with Crippen molar-refractivity contribution >= 4 is 17.5 Å². The Bertz CT molecular complexity index is 628. The Kier molecular flexibility index (Phi) is 5.12. The highest BCUT2D eigenvalue weighted by Crippen LogP contribution is 2.31. The van der Waals surface area contributed by atoms with Gasteiger partial charge in [-0.1, -0.05) is 11.6 Å². The summed E-state index contributed by atoms with van der Waals surface area (Å²) in [5.74, 6) is 0.0890. The van der Waals surface area contributed by atoms with E-state index < -0.39 is 5.91 Å².